The minimum absolute atomic E-state index is 0.334. The largest absolute Gasteiger partial charge is 0.376 e. The van der Waals surface area contributed by atoms with Gasteiger partial charge in [0.25, 0.3) is 0 Å². The predicted molar refractivity (Wildman–Crippen MR) is 59.9 cm³/mol. The minimum Gasteiger partial charge on any atom is -0.376 e. The molecule has 2 aromatic rings. The lowest BCUT2D eigenvalue weighted by Crippen LogP contribution is -2.11. The first-order valence-corrected chi connectivity index (χ1v) is 5.52. The van der Waals surface area contributed by atoms with E-state index in [1.54, 1.807) is 0 Å². The highest BCUT2D eigenvalue weighted by atomic mass is 19.2. The lowest BCUT2D eigenvalue weighted by Gasteiger charge is -2.11. The maximum atomic E-state index is 13.3. The molecule has 0 fully saturated rings. The molecule has 0 aliphatic rings. The van der Waals surface area contributed by atoms with Crippen LogP contribution < -0.4 is 5.32 Å². The van der Waals surface area contributed by atoms with Crippen LogP contribution in [0.3, 0.4) is 0 Å². The van der Waals surface area contributed by atoms with Gasteiger partial charge in [0.05, 0.1) is 0 Å². The van der Waals surface area contributed by atoms with Crippen molar-refractivity contribution < 1.29 is 30.7 Å². The number of nitrogens with one attached hydrogen (secondary N) is 1. The van der Waals surface area contributed by atoms with E-state index in [-0.39, 0.29) is 5.56 Å². The summed E-state index contributed by atoms with van der Waals surface area (Å²) in [7, 11) is 0. The molecule has 0 spiro atoms. The van der Waals surface area contributed by atoms with E-state index < -0.39 is 53.0 Å². The zero-order valence-corrected chi connectivity index (χ0v) is 10.1. The van der Waals surface area contributed by atoms with Gasteiger partial charge in [-0.05, 0) is 6.07 Å². The van der Waals surface area contributed by atoms with Gasteiger partial charge in [-0.15, -0.1) is 0 Å². The molecule has 1 N–H and O–H groups in total. The van der Waals surface area contributed by atoms with Gasteiger partial charge in [-0.2, -0.15) is 0 Å². The molecule has 8 heteroatoms. The summed E-state index contributed by atoms with van der Waals surface area (Å²) in [6, 6.07) is 3.04. The Morgan fingerprint density at radius 3 is 1.76 bits per heavy atom. The first-order valence-electron chi connectivity index (χ1n) is 5.52. The summed E-state index contributed by atoms with van der Waals surface area (Å²) in [5, 5.41) is 1.87. The van der Waals surface area contributed by atoms with Crippen LogP contribution in [0, 0.1) is 40.7 Å². The van der Waals surface area contributed by atoms with Crippen molar-refractivity contribution >= 4 is 5.69 Å². The SMILES string of the molecule is Fc1cccc(CNc2c(F)c(F)c(F)c(F)c2F)c1F. The first-order chi connectivity index (χ1) is 9.84. The van der Waals surface area contributed by atoms with Crippen molar-refractivity contribution in [2.45, 2.75) is 6.54 Å². The summed E-state index contributed by atoms with van der Waals surface area (Å²) in [6.07, 6.45) is 0. The third-order valence-electron chi connectivity index (χ3n) is 2.70. The van der Waals surface area contributed by atoms with Gasteiger partial charge in [-0.3, -0.25) is 0 Å². The number of rotatable bonds is 3. The second-order valence-electron chi connectivity index (χ2n) is 4.01. The molecule has 0 heterocycles. The summed E-state index contributed by atoms with van der Waals surface area (Å²) in [5.74, 6) is -13.2. The van der Waals surface area contributed by atoms with Gasteiger partial charge in [0.2, 0.25) is 5.82 Å². The quantitative estimate of drug-likeness (QED) is 0.507. The normalized spacial score (nSPS) is 10.8. The van der Waals surface area contributed by atoms with E-state index >= 15 is 0 Å². The molecule has 112 valence electrons. The van der Waals surface area contributed by atoms with E-state index in [0.29, 0.717) is 0 Å². The summed E-state index contributed by atoms with van der Waals surface area (Å²) >= 11 is 0. The van der Waals surface area contributed by atoms with Crippen molar-refractivity contribution in [1.29, 1.82) is 0 Å². The van der Waals surface area contributed by atoms with Gasteiger partial charge < -0.3 is 5.32 Å². The van der Waals surface area contributed by atoms with Crippen LogP contribution in [0.25, 0.3) is 0 Å². The van der Waals surface area contributed by atoms with Crippen LogP contribution in [0.1, 0.15) is 5.56 Å². The molecule has 0 aromatic heterocycles. The minimum atomic E-state index is -2.30. The number of halogens is 7. The third kappa shape index (κ3) is 2.65. The van der Waals surface area contributed by atoms with Gasteiger partial charge in [0, 0.05) is 12.1 Å². The Balaban J connectivity index is 2.35. The lowest BCUT2D eigenvalue weighted by molar-refractivity contribution is 0.381. The fourth-order valence-corrected chi connectivity index (χ4v) is 1.63. The van der Waals surface area contributed by atoms with Crippen LogP contribution in [0.5, 0.6) is 0 Å². The van der Waals surface area contributed by atoms with Crippen LogP contribution >= 0.6 is 0 Å². The van der Waals surface area contributed by atoms with E-state index in [9.17, 15) is 30.7 Å². The van der Waals surface area contributed by atoms with Gasteiger partial charge in [-0.1, -0.05) is 12.1 Å². The van der Waals surface area contributed by atoms with Crippen LogP contribution in [-0.2, 0) is 6.54 Å². The molecule has 0 atom stereocenters. The summed E-state index contributed by atoms with van der Waals surface area (Å²) in [6.45, 7) is -0.665. The van der Waals surface area contributed by atoms with Crippen LogP contribution in [0.2, 0.25) is 0 Å². The molecule has 2 aromatic carbocycles. The summed E-state index contributed by atoms with van der Waals surface area (Å²) in [4.78, 5) is 0. The molecule has 21 heavy (non-hydrogen) atoms. The van der Waals surface area contributed by atoms with Crippen molar-refractivity contribution in [2.24, 2.45) is 0 Å². The second kappa shape index (κ2) is 5.63. The molecule has 0 aliphatic carbocycles. The van der Waals surface area contributed by atoms with E-state index in [1.807, 2.05) is 5.32 Å². The molecule has 0 amide bonds. The first kappa shape index (κ1) is 15.1. The number of hydrogen-bond donors (Lipinski definition) is 1. The molecule has 0 radical (unpaired) electrons. The average molecular weight is 309 g/mol. The highest BCUT2D eigenvalue weighted by Crippen LogP contribution is 2.27. The monoisotopic (exact) mass is 309 g/mol. The summed E-state index contributed by atoms with van der Waals surface area (Å²) in [5.41, 5.74) is -1.64. The van der Waals surface area contributed by atoms with Crippen molar-refractivity contribution in [3.05, 3.63) is 64.5 Å². The van der Waals surface area contributed by atoms with Crippen molar-refractivity contribution in [2.75, 3.05) is 5.32 Å². The lowest BCUT2D eigenvalue weighted by atomic mass is 10.2. The van der Waals surface area contributed by atoms with Crippen LogP contribution in [0.4, 0.5) is 36.4 Å². The van der Waals surface area contributed by atoms with E-state index in [1.165, 1.54) is 0 Å². The van der Waals surface area contributed by atoms with Gasteiger partial charge in [0.1, 0.15) is 5.69 Å². The van der Waals surface area contributed by atoms with Crippen molar-refractivity contribution in [1.82, 2.24) is 0 Å². The Hall–Kier alpha value is -2.25. The van der Waals surface area contributed by atoms with Crippen LogP contribution in [-0.4, -0.2) is 0 Å². The van der Waals surface area contributed by atoms with Crippen molar-refractivity contribution in [3.63, 3.8) is 0 Å². The fraction of sp³-hybridized carbons (Fsp3) is 0.0769. The number of benzene rings is 2. The molecular formula is C13H6F7N. The zero-order chi connectivity index (χ0) is 15.7. The third-order valence-corrected chi connectivity index (χ3v) is 2.70. The Labute approximate surface area is 114 Å². The maximum Gasteiger partial charge on any atom is 0.200 e. The van der Waals surface area contributed by atoms with Gasteiger partial charge >= 0.3 is 0 Å². The second-order valence-corrected chi connectivity index (χ2v) is 4.01. The summed E-state index contributed by atoms with van der Waals surface area (Å²) < 4.78 is 91.6. The van der Waals surface area contributed by atoms with Gasteiger partial charge in [-0.25, -0.2) is 30.7 Å². The maximum absolute atomic E-state index is 13.3. The van der Waals surface area contributed by atoms with E-state index in [0.717, 1.165) is 18.2 Å². The van der Waals surface area contributed by atoms with Crippen molar-refractivity contribution in [3.8, 4) is 0 Å². The molecular weight excluding hydrogens is 303 g/mol. The Morgan fingerprint density at radius 2 is 1.19 bits per heavy atom. The zero-order valence-electron chi connectivity index (χ0n) is 10.1. The molecule has 0 aliphatic heterocycles. The Kier molecular flexibility index (Phi) is 4.06. The molecule has 0 saturated heterocycles. The smallest absolute Gasteiger partial charge is 0.200 e. The van der Waals surface area contributed by atoms with Gasteiger partial charge in [0.15, 0.2) is 34.9 Å². The Morgan fingerprint density at radius 1 is 0.667 bits per heavy atom. The Bertz CT molecular complexity index is 670. The average Bonchev–Trinajstić information content (AvgIpc) is 2.47. The fourth-order valence-electron chi connectivity index (χ4n) is 1.63. The number of anilines is 1. The molecule has 0 unspecified atom stereocenters. The highest BCUT2D eigenvalue weighted by Gasteiger charge is 2.25. The predicted octanol–water partition coefficient (Wildman–Crippen LogP) is 4.27. The number of hydrogen-bond acceptors (Lipinski definition) is 1. The van der Waals surface area contributed by atoms with E-state index in [4.69, 9.17) is 0 Å². The molecule has 1 nitrogen and oxygen atoms in total. The molecule has 0 bridgehead atoms. The molecule has 2 rings (SSSR count). The highest BCUT2D eigenvalue weighted by molar-refractivity contribution is 5.48. The topological polar surface area (TPSA) is 12.0 Å². The van der Waals surface area contributed by atoms with Crippen LogP contribution in [0.15, 0.2) is 18.2 Å². The molecule has 0 saturated carbocycles. The standard InChI is InChI=1S/C13H6F7N/c14-6-3-1-2-5(7(6)15)4-21-13-11(19)9(17)8(16)10(18)12(13)20/h1-3,21H,4H2. The van der Waals surface area contributed by atoms with E-state index in [2.05, 4.69) is 0 Å².